The van der Waals surface area contributed by atoms with Gasteiger partial charge in [0.2, 0.25) is 0 Å². The first-order valence-corrected chi connectivity index (χ1v) is 6.86. The Hall–Kier alpha value is -1.28. The molecule has 1 atom stereocenters. The summed E-state index contributed by atoms with van der Waals surface area (Å²) < 4.78 is 6.06. The Bertz CT molecular complexity index is 513. The van der Waals surface area contributed by atoms with Gasteiger partial charge in [-0.3, -0.25) is 0 Å². The summed E-state index contributed by atoms with van der Waals surface area (Å²) >= 11 is 0. The number of para-hydroxylation sites is 1. The van der Waals surface area contributed by atoms with E-state index in [0.29, 0.717) is 12.0 Å². The van der Waals surface area contributed by atoms with Crippen LogP contribution in [-0.2, 0) is 0 Å². The van der Waals surface area contributed by atoms with Gasteiger partial charge in [0.25, 0.3) is 0 Å². The van der Waals surface area contributed by atoms with Crippen LogP contribution in [0.1, 0.15) is 44.6 Å². The molecule has 98 valence electrons. The van der Waals surface area contributed by atoms with E-state index in [-0.39, 0.29) is 0 Å². The summed E-state index contributed by atoms with van der Waals surface area (Å²) in [6.07, 6.45) is 1.14. The molecule has 1 unspecified atom stereocenters. The third-order valence-electron chi connectivity index (χ3n) is 3.35. The fraction of sp³-hybridized carbons (Fsp3) is 0.500. The van der Waals surface area contributed by atoms with Crippen LogP contribution in [0.2, 0.25) is 0 Å². The molecule has 1 aromatic carbocycles. The number of fused-ring (bicyclic) bond motifs is 1. The summed E-state index contributed by atoms with van der Waals surface area (Å²) in [7, 11) is 0. The number of hydrogen-bond acceptors (Lipinski definition) is 2. The molecular formula is C16H23NO. The summed E-state index contributed by atoms with van der Waals surface area (Å²) in [5.74, 6) is 1.58. The van der Waals surface area contributed by atoms with Crippen LogP contribution in [0.25, 0.3) is 11.0 Å². The average molecular weight is 245 g/mol. The maximum absolute atomic E-state index is 6.06. The second kappa shape index (κ2) is 5.57. The second-order valence-corrected chi connectivity index (χ2v) is 5.32. The molecule has 2 nitrogen and oxygen atoms in total. The third kappa shape index (κ3) is 2.59. The molecule has 1 aromatic heterocycles. The van der Waals surface area contributed by atoms with Crippen molar-refractivity contribution in [1.29, 1.82) is 0 Å². The largest absolute Gasteiger partial charge is 0.459 e. The van der Waals surface area contributed by atoms with Crippen LogP contribution >= 0.6 is 0 Å². The highest BCUT2D eigenvalue weighted by Gasteiger charge is 2.19. The van der Waals surface area contributed by atoms with Crippen LogP contribution < -0.4 is 5.32 Å². The normalized spacial score (nSPS) is 13.4. The molecule has 0 amide bonds. The van der Waals surface area contributed by atoms with E-state index in [2.05, 4.69) is 57.3 Å². The lowest BCUT2D eigenvalue weighted by Gasteiger charge is -2.19. The molecule has 0 saturated carbocycles. The van der Waals surface area contributed by atoms with Gasteiger partial charge in [0.15, 0.2) is 0 Å². The number of aryl methyl sites for hydroxylation is 1. The van der Waals surface area contributed by atoms with Gasteiger partial charge in [0.05, 0.1) is 6.04 Å². The maximum Gasteiger partial charge on any atom is 0.137 e. The van der Waals surface area contributed by atoms with Gasteiger partial charge in [-0.15, -0.1) is 0 Å². The van der Waals surface area contributed by atoms with Gasteiger partial charge in [-0.05, 0) is 37.4 Å². The second-order valence-electron chi connectivity index (χ2n) is 5.32. The molecule has 0 aliphatic carbocycles. The van der Waals surface area contributed by atoms with E-state index in [1.807, 2.05) is 0 Å². The number of rotatable bonds is 5. The van der Waals surface area contributed by atoms with Crippen LogP contribution in [0.3, 0.4) is 0 Å². The number of hydrogen-bond donors (Lipinski definition) is 1. The van der Waals surface area contributed by atoms with E-state index in [1.165, 1.54) is 10.9 Å². The Labute approximate surface area is 109 Å². The molecular weight excluding hydrogens is 222 g/mol. The molecule has 0 saturated heterocycles. The Morgan fingerprint density at radius 1 is 1.28 bits per heavy atom. The SMILES string of the molecule is CCCNC(c1cc2cccc(C)c2o1)C(C)C. The molecule has 0 aliphatic heterocycles. The lowest BCUT2D eigenvalue weighted by atomic mass is 10.0. The number of nitrogens with one attached hydrogen (secondary N) is 1. The molecule has 18 heavy (non-hydrogen) atoms. The third-order valence-corrected chi connectivity index (χ3v) is 3.35. The minimum atomic E-state index is 0.303. The van der Waals surface area contributed by atoms with Gasteiger partial charge in [-0.25, -0.2) is 0 Å². The van der Waals surface area contributed by atoms with Crippen molar-refractivity contribution in [2.45, 2.75) is 40.2 Å². The lowest BCUT2D eigenvalue weighted by molar-refractivity contribution is 0.351. The Morgan fingerprint density at radius 3 is 2.67 bits per heavy atom. The molecule has 2 rings (SSSR count). The smallest absolute Gasteiger partial charge is 0.137 e. The van der Waals surface area contributed by atoms with E-state index >= 15 is 0 Å². The Balaban J connectivity index is 2.35. The zero-order valence-corrected chi connectivity index (χ0v) is 11.8. The molecule has 1 N–H and O–H groups in total. The van der Waals surface area contributed by atoms with Gasteiger partial charge in [-0.2, -0.15) is 0 Å². The van der Waals surface area contributed by atoms with Crippen molar-refractivity contribution in [1.82, 2.24) is 5.32 Å². The lowest BCUT2D eigenvalue weighted by Crippen LogP contribution is -2.25. The van der Waals surface area contributed by atoms with Crippen LogP contribution in [-0.4, -0.2) is 6.54 Å². The first-order chi connectivity index (χ1) is 8.63. The molecule has 2 heteroatoms. The van der Waals surface area contributed by atoms with Crippen molar-refractivity contribution in [2.24, 2.45) is 5.92 Å². The van der Waals surface area contributed by atoms with Crippen LogP contribution in [0.4, 0.5) is 0 Å². The monoisotopic (exact) mass is 245 g/mol. The highest BCUT2D eigenvalue weighted by molar-refractivity contribution is 5.81. The average Bonchev–Trinajstić information content (AvgIpc) is 2.74. The quantitative estimate of drug-likeness (QED) is 0.842. The summed E-state index contributed by atoms with van der Waals surface area (Å²) in [4.78, 5) is 0. The molecule has 1 heterocycles. The maximum atomic E-state index is 6.06. The molecule has 0 spiro atoms. The molecule has 0 fully saturated rings. The van der Waals surface area contributed by atoms with E-state index < -0.39 is 0 Å². The van der Waals surface area contributed by atoms with Crippen molar-refractivity contribution in [3.05, 3.63) is 35.6 Å². The van der Waals surface area contributed by atoms with Crippen molar-refractivity contribution in [3.63, 3.8) is 0 Å². The van der Waals surface area contributed by atoms with E-state index in [1.54, 1.807) is 0 Å². The van der Waals surface area contributed by atoms with E-state index in [4.69, 9.17) is 4.42 Å². The predicted octanol–water partition coefficient (Wildman–Crippen LogP) is 4.44. The van der Waals surface area contributed by atoms with E-state index in [9.17, 15) is 0 Å². The van der Waals surface area contributed by atoms with Gasteiger partial charge >= 0.3 is 0 Å². The highest BCUT2D eigenvalue weighted by atomic mass is 16.3. The topological polar surface area (TPSA) is 25.2 Å². The summed E-state index contributed by atoms with van der Waals surface area (Å²) in [5.41, 5.74) is 2.23. The van der Waals surface area contributed by atoms with Crippen LogP contribution in [0, 0.1) is 12.8 Å². The standard InChI is InChI=1S/C16H23NO/c1-5-9-17-15(11(2)3)14-10-13-8-6-7-12(4)16(13)18-14/h6-8,10-11,15,17H,5,9H2,1-4H3. The molecule has 2 aromatic rings. The van der Waals surface area contributed by atoms with Gasteiger partial charge in [0, 0.05) is 5.39 Å². The fourth-order valence-electron chi connectivity index (χ4n) is 2.35. The fourth-order valence-corrected chi connectivity index (χ4v) is 2.35. The van der Waals surface area contributed by atoms with Gasteiger partial charge in [-0.1, -0.05) is 39.0 Å². The number of furan rings is 1. The van der Waals surface area contributed by atoms with Crippen molar-refractivity contribution in [3.8, 4) is 0 Å². The number of benzene rings is 1. The highest BCUT2D eigenvalue weighted by Crippen LogP contribution is 2.29. The summed E-state index contributed by atoms with van der Waals surface area (Å²) in [6, 6.07) is 8.78. The van der Waals surface area contributed by atoms with Gasteiger partial charge in [0.1, 0.15) is 11.3 Å². The first kappa shape index (κ1) is 13.2. The van der Waals surface area contributed by atoms with Gasteiger partial charge < -0.3 is 9.73 Å². The van der Waals surface area contributed by atoms with E-state index in [0.717, 1.165) is 24.3 Å². The zero-order valence-electron chi connectivity index (χ0n) is 11.8. The minimum Gasteiger partial charge on any atom is -0.459 e. The van der Waals surface area contributed by atoms with Crippen molar-refractivity contribution < 1.29 is 4.42 Å². The summed E-state index contributed by atoms with van der Waals surface area (Å²) in [6.45, 7) is 9.77. The molecule has 0 bridgehead atoms. The molecule has 0 aliphatic rings. The predicted molar refractivity (Wildman–Crippen MR) is 76.8 cm³/mol. The minimum absolute atomic E-state index is 0.303. The zero-order chi connectivity index (χ0) is 13.1. The van der Waals surface area contributed by atoms with Crippen LogP contribution in [0.5, 0.6) is 0 Å². The Kier molecular flexibility index (Phi) is 4.07. The molecule has 0 radical (unpaired) electrons. The Morgan fingerprint density at radius 2 is 2.06 bits per heavy atom. The first-order valence-electron chi connectivity index (χ1n) is 6.86. The van der Waals surface area contributed by atoms with Crippen molar-refractivity contribution >= 4 is 11.0 Å². The van der Waals surface area contributed by atoms with Crippen molar-refractivity contribution in [2.75, 3.05) is 6.54 Å². The summed E-state index contributed by atoms with van der Waals surface area (Å²) in [5, 5.41) is 4.77. The van der Waals surface area contributed by atoms with Crippen LogP contribution in [0.15, 0.2) is 28.7 Å².